The Bertz CT molecular complexity index is 2440. The summed E-state index contributed by atoms with van der Waals surface area (Å²) in [5.41, 5.74) is 7.78. The van der Waals surface area contributed by atoms with Gasteiger partial charge in [0.15, 0.2) is 0 Å². The van der Waals surface area contributed by atoms with E-state index in [1.807, 2.05) is 158 Å². The van der Waals surface area contributed by atoms with E-state index in [4.69, 9.17) is 70.4 Å². The number of ether oxygens (including phenoxy) is 1. The van der Waals surface area contributed by atoms with Crippen molar-refractivity contribution in [3.8, 4) is 5.75 Å². The van der Waals surface area contributed by atoms with Crippen LogP contribution in [0.25, 0.3) is 24.3 Å². The zero-order valence-electron chi connectivity index (χ0n) is 38.2. The van der Waals surface area contributed by atoms with Gasteiger partial charge >= 0.3 is 7.60 Å². The summed E-state index contributed by atoms with van der Waals surface area (Å²) >= 11 is 22.8. The third-order valence-corrected chi connectivity index (χ3v) is 11.8. The van der Waals surface area contributed by atoms with E-state index in [1.165, 1.54) is 12.2 Å². The number of hydrogen-bond acceptors (Lipinski definition) is 8. The first kappa shape index (κ1) is 61.7. The van der Waals surface area contributed by atoms with Gasteiger partial charge in [-0.15, -0.1) is 11.6 Å². The molecule has 6 aromatic carbocycles. The summed E-state index contributed by atoms with van der Waals surface area (Å²) < 4.78 is 27.8. The van der Waals surface area contributed by atoms with Gasteiger partial charge in [0.2, 0.25) is 0 Å². The van der Waals surface area contributed by atoms with Crippen molar-refractivity contribution >= 4 is 90.9 Å². The molecule has 8 nitrogen and oxygen atoms in total. The Morgan fingerprint density at radius 3 is 1.30 bits per heavy atom. The van der Waals surface area contributed by atoms with E-state index in [-0.39, 0.29) is 26.8 Å². The van der Waals surface area contributed by atoms with E-state index in [9.17, 15) is 14.2 Å². The molecule has 0 atom stereocenters. The molecule has 2 N–H and O–H groups in total. The van der Waals surface area contributed by atoms with Crippen LogP contribution in [-0.2, 0) is 48.5 Å². The van der Waals surface area contributed by atoms with E-state index in [1.54, 1.807) is 45.2 Å². The fraction of sp³-hybridized carbons (Fsp3) is 0.179. The first-order valence-corrected chi connectivity index (χ1v) is 24.6. The van der Waals surface area contributed by atoms with Gasteiger partial charge < -0.3 is 24.0 Å². The molecule has 0 saturated carbocycles. The molecular weight excluding hydrogens is 973 g/mol. The smallest absolute Gasteiger partial charge is 0.335 e. The number of carbonyl (C=O) groups excluding carboxylic acids is 2. The van der Waals surface area contributed by atoms with Crippen molar-refractivity contribution in [1.29, 1.82) is 0 Å². The highest BCUT2D eigenvalue weighted by atomic mass is 35.5. The number of aliphatic hydroxyl groups is 2. The van der Waals surface area contributed by atoms with Gasteiger partial charge in [0.05, 0.1) is 39.7 Å². The first-order chi connectivity index (χ1) is 32.9. The van der Waals surface area contributed by atoms with Gasteiger partial charge in [0, 0.05) is 20.9 Å². The van der Waals surface area contributed by atoms with Crippen molar-refractivity contribution < 1.29 is 38.2 Å². The number of carbonyl (C=O) groups is 2. The molecule has 0 aliphatic heterocycles. The van der Waals surface area contributed by atoms with Gasteiger partial charge in [-0.25, -0.2) is 0 Å². The maximum Gasteiger partial charge on any atom is 0.335 e. The predicted octanol–water partition coefficient (Wildman–Crippen LogP) is 15.7. The number of alkyl halides is 1. The Morgan fingerprint density at radius 1 is 0.507 bits per heavy atom. The fourth-order valence-corrected chi connectivity index (χ4v) is 7.71. The van der Waals surface area contributed by atoms with Gasteiger partial charge in [-0.1, -0.05) is 164 Å². The third kappa shape index (κ3) is 28.0. The molecule has 366 valence electrons. The maximum atomic E-state index is 12.2. The van der Waals surface area contributed by atoms with Gasteiger partial charge in [-0.3, -0.25) is 14.2 Å². The summed E-state index contributed by atoms with van der Waals surface area (Å²) in [7, 11) is -1.33. The molecule has 0 unspecified atom stereocenters. The summed E-state index contributed by atoms with van der Waals surface area (Å²) in [6.45, 7) is 4.42. The zero-order chi connectivity index (χ0) is 49.8. The number of benzene rings is 6. The van der Waals surface area contributed by atoms with Crippen LogP contribution in [0.4, 0.5) is 0 Å². The van der Waals surface area contributed by atoms with E-state index in [0.29, 0.717) is 24.1 Å². The molecule has 0 radical (unpaired) electrons. The van der Waals surface area contributed by atoms with Crippen molar-refractivity contribution in [3.05, 3.63) is 229 Å². The molecule has 0 aliphatic carbocycles. The molecule has 6 rings (SSSR count). The van der Waals surface area contributed by atoms with E-state index in [2.05, 4.69) is 0 Å². The van der Waals surface area contributed by atoms with Crippen molar-refractivity contribution in [2.24, 2.45) is 0 Å². The molecule has 0 spiro atoms. The standard InChI is InChI=1S/C17H15ClO.C11H16ClO3P.2C10H10O2.C7H6Cl2.CH4/c1-19-17-8-4-7-15(13-17)6-3-2-5-14-9-11-16(18)12-10-14;1-3-14-16(13,15-4-2)9-10-5-7-11(12)8-6-10;2*11-6-2-5-9-3-1-4-10(7-9)8-12;8-5-6-1-3-7(9)4-2-6;/h2-13H,1H3;5-8H,3-4,9H2,1-2H3;2*1-7,12H,8H2;1-4H,5H2;1H4/b5-2+,6-3+;;2*5-2+;;. The normalized spacial score (nSPS) is 10.7. The Labute approximate surface area is 428 Å². The molecule has 13 heteroatoms. The molecule has 0 fully saturated rings. The van der Waals surface area contributed by atoms with Crippen molar-refractivity contribution in [3.63, 3.8) is 0 Å². The summed E-state index contributed by atoms with van der Waals surface area (Å²) in [4.78, 5) is 20.0. The van der Waals surface area contributed by atoms with Crippen LogP contribution in [0, 0.1) is 0 Å². The van der Waals surface area contributed by atoms with Gasteiger partial charge in [-0.2, -0.15) is 0 Å². The number of rotatable bonds is 17. The quantitative estimate of drug-likeness (QED) is 0.0305. The average Bonchev–Trinajstić information content (AvgIpc) is 3.36. The summed E-state index contributed by atoms with van der Waals surface area (Å²) in [5.74, 6) is 1.42. The molecule has 69 heavy (non-hydrogen) atoms. The Balaban J connectivity index is 0.000000439. The number of allylic oxidation sites excluding steroid dienone is 4. The third-order valence-electron chi connectivity index (χ3n) is 8.66. The minimum Gasteiger partial charge on any atom is -0.497 e. The topological polar surface area (TPSA) is 119 Å². The predicted molar refractivity (Wildman–Crippen MR) is 291 cm³/mol. The lowest BCUT2D eigenvalue weighted by Gasteiger charge is -2.16. The van der Waals surface area contributed by atoms with Crippen LogP contribution in [0.15, 0.2) is 170 Å². The van der Waals surface area contributed by atoms with Crippen LogP contribution in [0.5, 0.6) is 5.75 Å². The highest BCUT2D eigenvalue weighted by Crippen LogP contribution is 2.51. The Kier molecular flexibility index (Phi) is 33.5. The van der Waals surface area contributed by atoms with E-state index < -0.39 is 7.60 Å². The highest BCUT2D eigenvalue weighted by molar-refractivity contribution is 7.53. The van der Waals surface area contributed by atoms with Crippen LogP contribution >= 0.6 is 54.0 Å². The molecule has 6 aromatic rings. The number of aldehydes is 2. The average molecular weight is 1030 g/mol. The van der Waals surface area contributed by atoms with Crippen LogP contribution in [0.3, 0.4) is 0 Å². The number of methoxy groups -OCH3 is 1. The molecule has 0 aromatic heterocycles. The summed E-state index contributed by atoms with van der Waals surface area (Å²) in [6, 6.07) is 45.1. The van der Waals surface area contributed by atoms with Crippen LogP contribution in [0.2, 0.25) is 15.1 Å². The number of aliphatic hydroxyl groups excluding tert-OH is 2. The fourth-order valence-electron chi connectivity index (χ4n) is 5.45. The second-order valence-corrected chi connectivity index (χ2v) is 17.5. The molecule has 0 saturated heterocycles. The van der Waals surface area contributed by atoms with E-state index in [0.717, 1.165) is 72.9 Å². The van der Waals surface area contributed by atoms with Gasteiger partial charge in [-0.05, 0) is 131 Å². The van der Waals surface area contributed by atoms with Crippen molar-refractivity contribution in [2.45, 2.75) is 46.5 Å². The lowest BCUT2D eigenvalue weighted by Crippen LogP contribution is -1.98. The maximum absolute atomic E-state index is 12.2. The molecule has 0 amide bonds. The SMILES string of the molecule is C.CCOP(=O)(Cc1ccc(Cl)cc1)OCC.COc1cccc(/C=C/C=C/c2ccc(Cl)cc2)c1.ClCc1ccc(Cl)cc1.O=C/C=C/c1cccc(CO)c1.O=C/C=C/c1cccc(CO)c1. The number of hydrogen-bond donors (Lipinski definition) is 2. The van der Waals surface area contributed by atoms with E-state index >= 15 is 0 Å². The largest absolute Gasteiger partial charge is 0.497 e. The van der Waals surface area contributed by atoms with Gasteiger partial charge in [0.1, 0.15) is 18.3 Å². The van der Waals surface area contributed by atoms with Crippen molar-refractivity contribution in [1.82, 2.24) is 0 Å². The monoisotopic (exact) mass is 1030 g/mol. The number of halogens is 4. The molecular formula is C56H61Cl4O8P. The van der Waals surface area contributed by atoms with Crippen LogP contribution in [-0.4, -0.2) is 43.1 Å². The summed E-state index contributed by atoms with van der Waals surface area (Å²) in [5, 5.41) is 19.8. The van der Waals surface area contributed by atoms with Crippen LogP contribution < -0.4 is 4.74 Å². The zero-order valence-corrected chi connectivity index (χ0v) is 42.1. The molecule has 0 bridgehead atoms. The highest BCUT2D eigenvalue weighted by Gasteiger charge is 2.23. The lowest BCUT2D eigenvalue weighted by molar-refractivity contribution is -0.104. The minimum atomic E-state index is -3.00. The Morgan fingerprint density at radius 2 is 0.899 bits per heavy atom. The first-order valence-electron chi connectivity index (χ1n) is 21.2. The second kappa shape index (κ2) is 37.5. The van der Waals surface area contributed by atoms with Crippen LogP contribution in [0.1, 0.15) is 65.8 Å². The minimum absolute atomic E-state index is 0. The second-order valence-electron chi connectivity index (χ2n) is 13.8. The summed E-state index contributed by atoms with van der Waals surface area (Å²) in [6.07, 6.45) is 16.1. The van der Waals surface area contributed by atoms with Gasteiger partial charge in [0.25, 0.3) is 0 Å². The Hall–Kier alpha value is -5.35. The molecule has 0 heterocycles. The lowest BCUT2D eigenvalue weighted by atomic mass is 10.1. The molecule has 0 aliphatic rings. The van der Waals surface area contributed by atoms with Crippen molar-refractivity contribution in [2.75, 3.05) is 20.3 Å².